The van der Waals surface area contributed by atoms with Crippen molar-refractivity contribution in [2.24, 2.45) is 0 Å². The molecule has 0 aromatic heterocycles. The van der Waals surface area contributed by atoms with E-state index in [1.54, 1.807) is 29.2 Å². The van der Waals surface area contributed by atoms with Gasteiger partial charge in [-0.25, -0.2) is 8.42 Å². The van der Waals surface area contributed by atoms with E-state index < -0.39 is 20.2 Å². The fraction of sp³-hybridized carbons (Fsp3) is 0.632. The van der Waals surface area contributed by atoms with Gasteiger partial charge in [0.1, 0.15) is 0 Å². The van der Waals surface area contributed by atoms with Crippen LogP contribution in [0.5, 0.6) is 0 Å². The van der Waals surface area contributed by atoms with Crippen molar-refractivity contribution in [1.82, 2.24) is 18.4 Å². The monoisotopic (exact) mass is 471 g/mol. The number of hydrogen-bond donors (Lipinski definition) is 0. The Hall–Kier alpha value is -1.73. The van der Waals surface area contributed by atoms with Crippen LogP contribution in [-0.2, 0) is 20.2 Å². The number of carbonyl (C=O) groups is 1. The van der Waals surface area contributed by atoms with Gasteiger partial charge >= 0.3 is 0 Å². The molecule has 3 aliphatic rings. The number of likely N-dealkylation sites (N-methyl/N-ethyl adjacent to an activating group) is 1. The first-order chi connectivity index (χ1) is 14.7. The molecule has 10 nitrogen and oxygen atoms in total. The third-order valence-corrected chi connectivity index (χ3v) is 10.0. The van der Waals surface area contributed by atoms with Crippen LogP contribution >= 0.6 is 0 Å². The molecule has 4 rings (SSSR count). The van der Waals surface area contributed by atoms with Gasteiger partial charge in [0.25, 0.3) is 16.1 Å². The summed E-state index contributed by atoms with van der Waals surface area (Å²) in [5, 5.41) is 0. The van der Waals surface area contributed by atoms with Crippen LogP contribution in [0.15, 0.2) is 24.3 Å². The lowest BCUT2D eigenvalue weighted by Gasteiger charge is -2.39. The summed E-state index contributed by atoms with van der Waals surface area (Å²) in [5.74, 6) is -0.0258. The third kappa shape index (κ3) is 4.58. The van der Waals surface area contributed by atoms with Gasteiger partial charge in [0.15, 0.2) is 0 Å². The van der Waals surface area contributed by atoms with E-state index in [0.29, 0.717) is 63.5 Å². The van der Waals surface area contributed by atoms with Crippen LogP contribution in [0, 0.1) is 0 Å². The van der Waals surface area contributed by atoms with Crippen molar-refractivity contribution < 1.29 is 21.6 Å². The Morgan fingerprint density at radius 3 is 1.90 bits per heavy atom. The molecule has 0 aliphatic carbocycles. The van der Waals surface area contributed by atoms with Gasteiger partial charge in [0.2, 0.25) is 10.0 Å². The summed E-state index contributed by atoms with van der Waals surface area (Å²) in [6.07, 6.45) is 0.602. The summed E-state index contributed by atoms with van der Waals surface area (Å²) in [7, 11) is -4.79. The molecule has 0 bridgehead atoms. The number of benzene rings is 1. The molecule has 1 aromatic rings. The molecule has 3 aliphatic heterocycles. The number of nitrogens with zero attached hydrogens (tertiary/aromatic N) is 5. The van der Waals surface area contributed by atoms with E-state index in [1.807, 2.05) is 7.05 Å². The highest BCUT2D eigenvalue weighted by atomic mass is 32.2. The second-order valence-electron chi connectivity index (χ2n) is 8.19. The second-order valence-corrected chi connectivity index (χ2v) is 12.1. The summed E-state index contributed by atoms with van der Waals surface area (Å²) < 4.78 is 54.3. The highest BCUT2D eigenvalue weighted by Gasteiger charge is 2.35. The van der Waals surface area contributed by atoms with E-state index >= 15 is 0 Å². The number of hydrogen-bond acceptors (Lipinski definition) is 6. The van der Waals surface area contributed by atoms with Crippen LogP contribution < -0.4 is 4.31 Å². The van der Waals surface area contributed by atoms with Crippen molar-refractivity contribution in [2.75, 3.05) is 76.0 Å². The Morgan fingerprint density at radius 1 is 0.839 bits per heavy atom. The molecule has 3 saturated heterocycles. The molecule has 1 amide bonds. The second kappa shape index (κ2) is 8.66. The van der Waals surface area contributed by atoms with E-state index in [2.05, 4.69) is 4.90 Å². The van der Waals surface area contributed by atoms with Gasteiger partial charge in [-0.15, -0.1) is 0 Å². The molecular weight excluding hydrogens is 442 g/mol. The predicted molar refractivity (Wildman–Crippen MR) is 118 cm³/mol. The molecule has 3 heterocycles. The predicted octanol–water partition coefficient (Wildman–Crippen LogP) is -0.523. The number of sulfonamides is 1. The van der Waals surface area contributed by atoms with Crippen molar-refractivity contribution in [1.29, 1.82) is 0 Å². The smallest absolute Gasteiger partial charge is 0.282 e. The summed E-state index contributed by atoms with van der Waals surface area (Å²) in [5.41, 5.74) is 1.04. The van der Waals surface area contributed by atoms with Crippen LogP contribution in [0.25, 0.3) is 0 Å². The number of amides is 1. The topological polar surface area (TPSA) is 102 Å². The van der Waals surface area contributed by atoms with Gasteiger partial charge < -0.3 is 9.80 Å². The lowest BCUT2D eigenvalue weighted by atomic mass is 10.1. The standard InChI is InChI=1S/C19H29N5O5S2/c1-20-8-12-22(13-9-20)31(28,29)23-14-10-21(11-15-23)19(25)17-3-5-18(6-4-17)24-7-2-16-30(24,26)27/h3-6H,2,7-16H2,1H3. The fourth-order valence-corrected chi connectivity index (χ4v) is 7.33. The maximum atomic E-state index is 12.9. The highest BCUT2D eigenvalue weighted by Crippen LogP contribution is 2.25. The van der Waals surface area contributed by atoms with E-state index in [1.165, 1.54) is 12.9 Å². The van der Waals surface area contributed by atoms with E-state index in [9.17, 15) is 21.6 Å². The number of piperazine rings is 2. The quantitative estimate of drug-likeness (QED) is 0.586. The minimum Gasteiger partial charge on any atom is -0.336 e. The molecule has 12 heteroatoms. The van der Waals surface area contributed by atoms with Gasteiger partial charge in [0, 0.05) is 64.5 Å². The van der Waals surface area contributed by atoms with Crippen LogP contribution in [0.1, 0.15) is 16.8 Å². The van der Waals surface area contributed by atoms with Crippen molar-refractivity contribution in [3.63, 3.8) is 0 Å². The first-order valence-corrected chi connectivity index (χ1v) is 13.5. The molecule has 0 radical (unpaired) electrons. The maximum Gasteiger partial charge on any atom is 0.282 e. The van der Waals surface area contributed by atoms with Crippen molar-refractivity contribution in [2.45, 2.75) is 6.42 Å². The Kier molecular flexibility index (Phi) is 6.28. The highest BCUT2D eigenvalue weighted by molar-refractivity contribution is 7.93. The summed E-state index contributed by atoms with van der Waals surface area (Å²) >= 11 is 0. The minimum atomic E-state index is -3.51. The number of anilines is 1. The molecule has 0 spiro atoms. The van der Waals surface area contributed by atoms with Crippen LogP contribution in [0.4, 0.5) is 5.69 Å². The van der Waals surface area contributed by atoms with E-state index in [-0.39, 0.29) is 24.7 Å². The molecule has 0 atom stereocenters. The zero-order valence-corrected chi connectivity index (χ0v) is 19.3. The van der Waals surface area contributed by atoms with Crippen molar-refractivity contribution in [3.8, 4) is 0 Å². The van der Waals surface area contributed by atoms with Crippen LogP contribution in [0.2, 0.25) is 0 Å². The third-order valence-electron chi connectivity index (χ3n) is 6.14. The summed E-state index contributed by atoms with van der Waals surface area (Å²) in [4.78, 5) is 16.6. The average Bonchev–Trinajstić information content (AvgIpc) is 3.12. The lowest BCUT2D eigenvalue weighted by Crippen LogP contribution is -2.57. The molecule has 3 fully saturated rings. The Morgan fingerprint density at radius 2 is 1.39 bits per heavy atom. The Bertz CT molecular complexity index is 1010. The van der Waals surface area contributed by atoms with Crippen molar-refractivity contribution in [3.05, 3.63) is 29.8 Å². The molecule has 31 heavy (non-hydrogen) atoms. The normalized spacial score (nSPS) is 23.9. The summed E-state index contributed by atoms with van der Waals surface area (Å²) in [6.45, 7) is 4.05. The van der Waals surface area contributed by atoms with Crippen LogP contribution in [0.3, 0.4) is 0 Å². The first kappa shape index (κ1) is 22.5. The van der Waals surface area contributed by atoms with E-state index in [0.717, 1.165) is 0 Å². The van der Waals surface area contributed by atoms with Gasteiger partial charge in [-0.2, -0.15) is 17.0 Å². The van der Waals surface area contributed by atoms with Crippen LogP contribution in [-0.4, -0.2) is 113 Å². The molecule has 1 aromatic carbocycles. The Balaban J connectivity index is 1.36. The van der Waals surface area contributed by atoms with Gasteiger partial charge in [-0.05, 0) is 37.7 Å². The number of carbonyl (C=O) groups excluding carboxylic acids is 1. The molecule has 172 valence electrons. The van der Waals surface area contributed by atoms with E-state index in [4.69, 9.17) is 0 Å². The average molecular weight is 472 g/mol. The largest absolute Gasteiger partial charge is 0.336 e. The molecule has 0 saturated carbocycles. The minimum absolute atomic E-state index is 0.148. The fourth-order valence-electron chi connectivity index (χ4n) is 4.19. The van der Waals surface area contributed by atoms with Gasteiger partial charge in [-0.1, -0.05) is 0 Å². The SMILES string of the molecule is CN1CCN(S(=O)(=O)N2CCN(C(=O)c3ccc(N4CCCS4(=O)=O)cc3)CC2)CC1. The molecule has 0 unspecified atom stereocenters. The first-order valence-electron chi connectivity index (χ1n) is 10.5. The van der Waals surface area contributed by atoms with Gasteiger partial charge in [0.05, 0.1) is 11.4 Å². The van der Waals surface area contributed by atoms with Crippen molar-refractivity contribution >= 4 is 31.8 Å². The Labute approximate surface area is 184 Å². The molecule has 0 N–H and O–H groups in total. The number of rotatable bonds is 4. The molecular formula is C19H29N5O5S2. The zero-order valence-electron chi connectivity index (χ0n) is 17.7. The lowest BCUT2D eigenvalue weighted by molar-refractivity contribution is 0.0692. The van der Waals surface area contributed by atoms with Gasteiger partial charge in [-0.3, -0.25) is 9.10 Å². The summed E-state index contributed by atoms with van der Waals surface area (Å²) in [6, 6.07) is 6.59. The zero-order chi connectivity index (χ0) is 22.2. The maximum absolute atomic E-state index is 12.9.